The highest BCUT2D eigenvalue weighted by Crippen LogP contribution is 2.28. The van der Waals surface area contributed by atoms with Crippen molar-refractivity contribution < 1.29 is 4.79 Å². The fraction of sp³-hybridized carbons (Fsp3) is 0.0741. The van der Waals surface area contributed by atoms with Crippen LogP contribution in [0.4, 0.5) is 0 Å². The maximum absolute atomic E-state index is 12.7. The van der Waals surface area contributed by atoms with Crippen LogP contribution >= 0.6 is 23.4 Å². The smallest absolute Gasteiger partial charge is 0.250 e. The van der Waals surface area contributed by atoms with Crippen molar-refractivity contribution in [3.63, 3.8) is 0 Å². The van der Waals surface area contributed by atoms with Crippen molar-refractivity contribution in [3.8, 4) is 17.1 Å². The minimum atomic E-state index is -0.240. The Hall–Kier alpha value is -4.01. The summed E-state index contributed by atoms with van der Waals surface area (Å²) in [5.74, 6) is 0.525. The highest BCUT2D eigenvalue weighted by Gasteiger charge is 2.17. The van der Waals surface area contributed by atoms with E-state index < -0.39 is 0 Å². The molecule has 0 aliphatic heterocycles. The Kier molecular flexibility index (Phi) is 7.06. The summed E-state index contributed by atoms with van der Waals surface area (Å²) < 4.78 is 1.90. The molecule has 0 spiro atoms. The molecule has 0 saturated carbocycles. The third kappa shape index (κ3) is 5.15. The van der Waals surface area contributed by atoms with Crippen molar-refractivity contribution in [2.75, 3.05) is 5.75 Å². The molecule has 2 aromatic heterocycles. The van der Waals surface area contributed by atoms with Gasteiger partial charge in [-0.25, -0.2) is 5.43 Å². The number of nitrogens with zero attached hydrogens (tertiary/aromatic N) is 5. The fourth-order valence-electron chi connectivity index (χ4n) is 3.78. The van der Waals surface area contributed by atoms with Crippen molar-refractivity contribution >= 4 is 45.8 Å². The van der Waals surface area contributed by atoms with Gasteiger partial charge in [0.15, 0.2) is 11.0 Å². The van der Waals surface area contributed by atoms with Crippen LogP contribution in [0.25, 0.3) is 27.8 Å². The number of halogens is 1. The molecule has 178 valence electrons. The molecular weight excluding hydrogens is 492 g/mol. The van der Waals surface area contributed by atoms with Crippen LogP contribution in [-0.4, -0.2) is 37.1 Å². The fourth-order valence-corrected chi connectivity index (χ4v) is 4.65. The van der Waals surface area contributed by atoms with Crippen molar-refractivity contribution in [1.29, 1.82) is 0 Å². The molecule has 36 heavy (non-hydrogen) atoms. The Morgan fingerprint density at radius 2 is 1.72 bits per heavy atom. The summed E-state index contributed by atoms with van der Waals surface area (Å²) in [6.45, 7) is 1.88. The minimum absolute atomic E-state index is 0.119. The maximum Gasteiger partial charge on any atom is 0.250 e. The van der Waals surface area contributed by atoms with E-state index in [0.717, 1.165) is 33.3 Å². The summed E-state index contributed by atoms with van der Waals surface area (Å²) >= 11 is 7.37. The Bertz CT molecular complexity index is 1540. The number of hydrogen-bond donors (Lipinski definition) is 1. The molecule has 3 aromatic carbocycles. The number of hydrogen-bond acceptors (Lipinski definition) is 6. The van der Waals surface area contributed by atoms with Gasteiger partial charge in [-0.3, -0.25) is 14.3 Å². The molecule has 1 amide bonds. The average Bonchev–Trinajstić information content (AvgIpc) is 3.35. The number of aromatic nitrogens is 4. The van der Waals surface area contributed by atoms with Gasteiger partial charge in [0.2, 0.25) is 0 Å². The second-order valence-electron chi connectivity index (χ2n) is 7.90. The third-order valence-corrected chi connectivity index (χ3v) is 6.70. The summed E-state index contributed by atoms with van der Waals surface area (Å²) in [7, 11) is 0. The summed E-state index contributed by atoms with van der Waals surface area (Å²) in [5, 5.41) is 16.5. The standard InChI is InChI=1S/C27H21ClN6OS/c1-18(23-8-4-6-19-5-2-3-7-24(19)23)30-31-25(35)17-36-27-33-32-26(20-13-15-29-16-14-20)34(27)22-11-9-21(28)10-12-22/h2-16H,17H2,1H3,(H,31,35)/b30-18+. The normalized spacial score (nSPS) is 11.6. The van der Waals surface area contributed by atoms with E-state index in [4.69, 9.17) is 11.6 Å². The summed E-state index contributed by atoms with van der Waals surface area (Å²) in [4.78, 5) is 16.7. The first-order valence-electron chi connectivity index (χ1n) is 11.2. The molecule has 1 N–H and O–H groups in total. The molecule has 0 saturated heterocycles. The van der Waals surface area contributed by atoms with Crippen LogP contribution in [0, 0.1) is 0 Å². The van der Waals surface area contributed by atoms with Gasteiger partial charge in [-0.15, -0.1) is 10.2 Å². The number of nitrogens with one attached hydrogen (secondary N) is 1. The number of fused-ring (bicyclic) bond motifs is 1. The molecule has 9 heteroatoms. The van der Waals surface area contributed by atoms with E-state index in [-0.39, 0.29) is 11.7 Å². The zero-order valence-electron chi connectivity index (χ0n) is 19.3. The van der Waals surface area contributed by atoms with Crippen molar-refractivity contribution in [1.82, 2.24) is 25.2 Å². The number of hydrazone groups is 1. The van der Waals surface area contributed by atoms with Crippen molar-refractivity contribution in [2.45, 2.75) is 12.1 Å². The molecule has 5 rings (SSSR count). The Morgan fingerprint density at radius 3 is 2.53 bits per heavy atom. The number of pyridine rings is 1. The number of rotatable bonds is 7. The lowest BCUT2D eigenvalue weighted by Gasteiger charge is -2.10. The molecule has 0 radical (unpaired) electrons. The van der Waals surface area contributed by atoms with E-state index in [2.05, 4.69) is 37.8 Å². The first kappa shape index (κ1) is 23.7. The van der Waals surface area contributed by atoms with E-state index >= 15 is 0 Å². The molecule has 0 bridgehead atoms. The lowest BCUT2D eigenvalue weighted by Crippen LogP contribution is -2.21. The summed E-state index contributed by atoms with van der Waals surface area (Å²) in [5.41, 5.74) is 6.07. The number of carbonyl (C=O) groups is 1. The Labute approximate surface area is 217 Å². The van der Waals surface area contributed by atoms with E-state index in [9.17, 15) is 4.79 Å². The van der Waals surface area contributed by atoms with E-state index in [1.165, 1.54) is 11.8 Å². The topological polar surface area (TPSA) is 85.1 Å². The highest BCUT2D eigenvalue weighted by atomic mass is 35.5. The van der Waals surface area contributed by atoms with Crippen LogP contribution < -0.4 is 5.43 Å². The number of carbonyl (C=O) groups excluding carboxylic acids is 1. The predicted octanol–water partition coefficient (Wildman–Crippen LogP) is 5.77. The number of amides is 1. The quantitative estimate of drug-likeness (QED) is 0.170. The van der Waals surface area contributed by atoms with Gasteiger partial charge in [-0.05, 0) is 54.1 Å². The first-order valence-corrected chi connectivity index (χ1v) is 12.5. The molecule has 0 unspecified atom stereocenters. The molecule has 0 fully saturated rings. The van der Waals surface area contributed by atoms with Gasteiger partial charge < -0.3 is 0 Å². The minimum Gasteiger partial charge on any atom is -0.272 e. The largest absolute Gasteiger partial charge is 0.272 e. The molecule has 7 nitrogen and oxygen atoms in total. The van der Waals surface area contributed by atoms with Crippen molar-refractivity contribution in [2.24, 2.45) is 5.10 Å². The van der Waals surface area contributed by atoms with Crippen LogP contribution in [0.1, 0.15) is 12.5 Å². The van der Waals surface area contributed by atoms with Crippen LogP contribution in [0.15, 0.2) is 102 Å². The number of benzene rings is 3. The van der Waals surface area contributed by atoms with Gasteiger partial charge in [0, 0.05) is 34.2 Å². The van der Waals surface area contributed by atoms with E-state index in [1.54, 1.807) is 24.5 Å². The molecular formula is C27H21ClN6OS. The number of thioether (sulfide) groups is 1. The zero-order valence-corrected chi connectivity index (χ0v) is 20.9. The summed E-state index contributed by atoms with van der Waals surface area (Å²) in [6, 6.07) is 25.2. The van der Waals surface area contributed by atoms with Crippen LogP contribution in [0.2, 0.25) is 5.02 Å². The second-order valence-corrected chi connectivity index (χ2v) is 9.28. The Morgan fingerprint density at radius 1 is 0.972 bits per heavy atom. The van der Waals surface area contributed by atoms with Gasteiger partial charge in [-0.1, -0.05) is 65.8 Å². The zero-order chi connectivity index (χ0) is 24.9. The van der Waals surface area contributed by atoms with Crippen molar-refractivity contribution in [3.05, 3.63) is 102 Å². The molecule has 5 aromatic rings. The SMILES string of the molecule is C/C(=N\NC(=O)CSc1nnc(-c2ccncc2)n1-c1ccc(Cl)cc1)c1cccc2ccccc12. The van der Waals surface area contributed by atoms with Crippen LogP contribution in [0.5, 0.6) is 0 Å². The van der Waals surface area contributed by atoms with Crippen LogP contribution in [0.3, 0.4) is 0 Å². The van der Waals surface area contributed by atoms with E-state index in [1.807, 2.05) is 66.1 Å². The lowest BCUT2D eigenvalue weighted by atomic mass is 10.0. The highest BCUT2D eigenvalue weighted by molar-refractivity contribution is 7.99. The molecule has 0 aliphatic rings. The Balaban J connectivity index is 1.34. The molecule has 0 atom stereocenters. The van der Waals surface area contributed by atoms with Gasteiger partial charge in [-0.2, -0.15) is 5.10 Å². The molecule has 2 heterocycles. The maximum atomic E-state index is 12.7. The second kappa shape index (κ2) is 10.7. The first-order chi connectivity index (χ1) is 17.6. The van der Waals surface area contributed by atoms with E-state index in [0.29, 0.717) is 16.0 Å². The lowest BCUT2D eigenvalue weighted by molar-refractivity contribution is -0.118. The van der Waals surface area contributed by atoms with Gasteiger partial charge >= 0.3 is 0 Å². The van der Waals surface area contributed by atoms with Crippen LogP contribution in [-0.2, 0) is 4.79 Å². The third-order valence-electron chi connectivity index (χ3n) is 5.52. The van der Waals surface area contributed by atoms with Gasteiger partial charge in [0.1, 0.15) is 0 Å². The molecule has 0 aliphatic carbocycles. The average molecular weight is 513 g/mol. The van der Waals surface area contributed by atoms with Gasteiger partial charge in [0.05, 0.1) is 11.5 Å². The summed E-state index contributed by atoms with van der Waals surface area (Å²) in [6.07, 6.45) is 3.40. The van der Waals surface area contributed by atoms with Gasteiger partial charge in [0.25, 0.3) is 5.91 Å². The monoisotopic (exact) mass is 512 g/mol. The predicted molar refractivity (Wildman–Crippen MR) is 145 cm³/mol.